The monoisotopic (exact) mass is 599 g/mol. The Bertz CT molecular complexity index is 1410. The first-order valence-electron chi connectivity index (χ1n) is 14.0. The van der Waals surface area contributed by atoms with E-state index in [9.17, 15) is 19.5 Å². The number of carboxylic acid groups (broad SMARTS) is 2. The molecule has 1 heterocycles. The highest BCUT2D eigenvalue weighted by atomic mass is 32.2. The van der Waals surface area contributed by atoms with E-state index in [0.717, 1.165) is 0 Å². The van der Waals surface area contributed by atoms with Gasteiger partial charge in [-0.1, -0.05) is 51.1 Å². The van der Waals surface area contributed by atoms with Crippen molar-refractivity contribution in [3.63, 3.8) is 0 Å². The van der Waals surface area contributed by atoms with Gasteiger partial charge in [-0.3, -0.25) is 14.2 Å². The number of rotatable bonds is 16. The maximum absolute atomic E-state index is 15.5. The average Bonchev–Trinajstić information content (AvgIpc) is 3.27. The van der Waals surface area contributed by atoms with Crippen LogP contribution >= 0.6 is 11.8 Å². The Hall–Kier alpha value is -3.86. The molecule has 0 radical (unpaired) electrons. The molecule has 0 unspecified atom stereocenters. The summed E-state index contributed by atoms with van der Waals surface area (Å²) in [7, 11) is 0. The Morgan fingerprint density at radius 3 is 2.48 bits per heavy atom. The number of nitrogens with one attached hydrogen (secondary N) is 1. The van der Waals surface area contributed by atoms with Crippen molar-refractivity contribution in [2.75, 3.05) is 12.4 Å². The molecule has 0 aliphatic rings. The number of aryl methyl sites for hydroxylation is 1. The number of carboxylic acids is 2. The number of hydrogen-bond donors (Lipinski definition) is 3. The number of carbonyl (C=O) groups is 3. The number of ether oxygens (including phenoxy) is 1. The van der Waals surface area contributed by atoms with Crippen LogP contribution in [0.3, 0.4) is 0 Å². The van der Waals surface area contributed by atoms with Crippen LogP contribution in [0.1, 0.15) is 67.8 Å². The number of aromatic carboxylic acids is 1. The first kappa shape index (κ1) is 32.7. The van der Waals surface area contributed by atoms with Gasteiger partial charge in [0.05, 0.1) is 48.3 Å². The summed E-state index contributed by atoms with van der Waals surface area (Å²) >= 11 is 1.33. The minimum atomic E-state index is -1.09. The molecule has 0 spiro atoms. The van der Waals surface area contributed by atoms with E-state index in [1.165, 1.54) is 23.9 Å². The maximum Gasteiger partial charge on any atom is 0.336 e. The lowest BCUT2D eigenvalue weighted by atomic mass is 9.98. The SMILES string of the molecule is CCOc1nc(CC)c(CNC(=O)[C@H](CC(C)C)SCCC(=O)O)n1Cc1ccc(-c2ccccc2C(=O)O)cc1F. The van der Waals surface area contributed by atoms with Gasteiger partial charge in [0, 0.05) is 11.3 Å². The summed E-state index contributed by atoms with van der Waals surface area (Å²) in [5, 5.41) is 21.1. The molecule has 2 aromatic carbocycles. The molecule has 1 atom stereocenters. The fourth-order valence-electron chi connectivity index (χ4n) is 4.58. The van der Waals surface area contributed by atoms with Crippen molar-refractivity contribution in [1.29, 1.82) is 0 Å². The molecule has 11 heteroatoms. The predicted molar refractivity (Wildman–Crippen MR) is 160 cm³/mol. The van der Waals surface area contributed by atoms with Crippen LogP contribution in [0.4, 0.5) is 4.39 Å². The van der Waals surface area contributed by atoms with Gasteiger partial charge in [-0.15, -0.1) is 11.8 Å². The number of aromatic nitrogens is 2. The second kappa shape index (κ2) is 15.4. The molecule has 0 saturated heterocycles. The minimum Gasteiger partial charge on any atom is -0.481 e. The molecule has 0 saturated carbocycles. The van der Waals surface area contributed by atoms with Gasteiger partial charge in [0.1, 0.15) is 5.82 Å². The van der Waals surface area contributed by atoms with E-state index in [1.54, 1.807) is 34.9 Å². The smallest absolute Gasteiger partial charge is 0.336 e. The Morgan fingerprint density at radius 1 is 1.12 bits per heavy atom. The van der Waals surface area contributed by atoms with Crippen molar-refractivity contribution >= 4 is 29.6 Å². The minimum absolute atomic E-state index is 0.0245. The largest absolute Gasteiger partial charge is 0.481 e. The van der Waals surface area contributed by atoms with Gasteiger partial charge < -0.3 is 20.3 Å². The van der Waals surface area contributed by atoms with Crippen molar-refractivity contribution in [1.82, 2.24) is 14.9 Å². The van der Waals surface area contributed by atoms with Crippen molar-refractivity contribution in [2.45, 2.75) is 65.3 Å². The molecular formula is C31H38FN3O6S. The lowest BCUT2D eigenvalue weighted by Gasteiger charge is -2.19. The van der Waals surface area contributed by atoms with Crippen LogP contribution in [0, 0.1) is 11.7 Å². The Labute approximate surface area is 249 Å². The highest BCUT2D eigenvalue weighted by molar-refractivity contribution is 8.00. The highest BCUT2D eigenvalue weighted by Crippen LogP contribution is 2.28. The summed E-state index contributed by atoms with van der Waals surface area (Å²) < 4.78 is 23.0. The van der Waals surface area contributed by atoms with E-state index >= 15 is 4.39 Å². The zero-order valence-electron chi connectivity index (χ0n) is 24.4. The van der Waals surface area contributed by atoms with E-state index < -0.39 is 23.0 Å². The van der Waals surface area contributed by atoms with Crippen LogP contribution in [0.15, 0.2) is 42.5 Å². The number of imidazole rings is 1. The Kier molecular flexibility index (Phi) is 12.0. The number of amides is 1. The molecule has 1 amide bonds. The molecule has 226 valence electrons. The maximum atomic E-state index is 15.5. The fourth-order valence-corrected chi connectivity index (χ4v) is 5.91. The second-order valence-electron chi connectivity index (χ2n) is 10.2. The predicted octanol–water partition coefficient (Wildman–Crippen LogP) is 5.64. The Morgan fingerprint density at radius 2 is 1.86 bits per heavy atom. The zero-order chi connectivity index (χ0) is 30.8. The third kappa shape index (κ3) is 8.58. The van der Waals surface area contributed by atoms with Crippen LogP contribution in [0.25, 0.3) is 11.1 Å². The number of nitrogens with zero attached hydrogens (tertiary/aromatic N) is 2. The lowest BCUT2D eigenvalue weighted by molar-refractivity contribution is -0.136. The normalized spacial score (nSPS) is 11.9. The van der Waals surface area contributed by atoms with Crippen LogP contribution in [0.2, 0.25) is 0 Å². The molecule has 3 aromatic rings. The van der Waals surface area contributed by atoms with Crippen LogP contribution < -0.4 is 10.1 Å². The summed E-state index contributed by atoms with van der Waals surface area (Å²) in [4.78, 5) is 40.4. The molecule has 0 fully saturated rings. The molecule has 42 heavy (non-hydrogen) atoms. The van der Waals surface area contributed by atoms with E-state index in [2.05, 4.69) is 10.3 Å². The number of aliphatic carboxylic acids is 1. The first-order valence-corrected chi connectivity index (χ1v) is 15.0. The van der Waals surface area contributed by atoms with Crippen molar-refractivity contribution in [3.05, 3.63) is 70.8 Å². The molecule has 0 aliphatic heterocycles. The number of benzene rings is 2. The number of thioether (sulfide) groups is 1. The summed E-state index contributed by atoms with van der Waals surface area (Å²) in [5.41, 5.74) is 2.70. The fraction of sp³-hybridized carbons (Fsp3) is 0.419. The molecule has 1 aromatic heterocycles. The molecule has 0 aliphatic carbocycles. The second-order valence-corrected chi connectivity index (χ2v) is 11.5. The van der Waals surface area contributed by atoms with Gasteiger partial charge >= 0.3 is 11.9 Å². The van der Waals surface area contributed by atoms with Gasteiger partial charge in [0.15, 0.2) is 0 Å². The van der Waals surface area contributed by atoms with Crippen LogP contribution in [0.5, 0.6) is 6.01 Å². The average molecular weight is 600 g/mol. The number of carbonyl (C=O) groups excluding carboxylic acids is 1. The van der Waals surface area contributed by atoms with E-state index in [-0.39, 0.29) is 36.9 Å². The van der Waals surface area contributed by atoms with Gasteiger partial charge in [0.2, 0.25) is 5.91 Å². The summed E-state index contributed by atoms with van der Waals surface area (Å²) in [5.74, 6) is -2.13. The van der Waals surface area contributed by atoms with Gasteiger partial charge in [-0.2, -0.15) is 4.98 Å². The van der Waals surface area contributed by atoms with Crippen molar-refractivity contribution in [2.24, 2.45) is 5.92 Å². The zero-order valence-corrected chi connectivity index (χ0v) is 25.2. The Balaban J connectivity index is 1.88. The quantitative estimate of drug-likeness (QED) is 0.193. The highest BCUT2D eigenvalue weighted by Gasteiger charge is 2.24. The molecular weight excluding hydrogens is 561 g/mol. The first-order chi connectivity index (χ1) is 20.0. The molecule has 3 rings (SSSR count). The molecule has 3 N–H and O–H groups in total. The van der Waals surface area contributed by atoms with E-state index in [0.29, 0.717) is 59.3 Å². The topological polar surface area (TPSA) is 131 Å². The van der Waals surface area contributed by atoms with Crippen molar-refractivity contribution < 1.29 is 33.7 Å². The summed E-state index contributed by atoms with van der Waals surface area (Å²) in [6.45, 7) is 8.35. The van der Waals surface area contributed by atoms with E-state index in [4.69, 9.17) is 9.84 Å². The number of halogens is 1. The van der Waals surface area contributed by atoms with Gasteiger partial charge in [-0.05, 0) is 48.9 Å². The van der Waals surface area contributed by atoms with Crippen LogP contribution in [-0.2, 0) is 29.1 Å². The molecule has 0 bridgehead atoms. The standard InChI is InChI=1S/C31H38FN3O6S/c1-5-25-26(17-33-29(38)27(15-19(3)4)42-14-13-28(36)37)35(31(34-25)41-6-2)18-21-12-11-20(16-24(21)32)22-9-7-8-10-23(22)30(39)40/h7-12,16,19,27H,5-6,13-15,17-18H2,1-4H3,(H,33,38)(H,36,37)(H,39,40)/t27-/m0/s1. The van der Waals surface area contributed by atoms with Gasteiger partial charge in [0.25, 0.3) is 6.01 Å². The lowest BCUT2D eigenvalue weighted by Crippen LogP contribution is -2.34. The summed E-state index contributed by atoms with van der Waals surface area (Å²) in [6, 6.07) is 11.4. The van der Waals surface area contributed by atoms with E-state index in [1.807, 2.05) is 27.7 Å². The summed E-state index contributed by atoms with van der Waals surface area (Å²) in [6.07, 6.45) is 1.14. The van der Waals surface area contributed by atoms with Gasteiger partial charge in [-0.25, -0.2) is 9.18 Å². The third-order valence-electron chi connectivity index (χ3n) is 6.62. The van der Waals surface area contributed by atoms with Crippen LogP contribution in [-0.4, -0.2) is 55.2 Å². The van der Waals surface area contributed by atoms with Crippen molar-refractivity contribution in [3.8, 4) is 17.1 Å². The molecule has 9 nitrogen and oxygen atoms in total. The third-order valence-corrected chi connectivity index (χ3v) is 7.87. The number of hydrogen-bond acceptors (Lipinski definition) is 6.